The minimum absolute atomic E-state index is 0.0109. The van der Waals surface area contributed by atoms with Crippen molar-refractivity contribution in [1.29, 1.82) is 0 Å². The van der Waals surface area contributed by atoms with Crippen molar-refractivity contribution in [2.45, 2.75) is 13.3 Å². The van der Waals surface area contributed by atoms with Gasteiger partial charge in [0, 0.05) is 10.0 Å². The zero-order chi connectivity index (χ0) is 9.84. The highest BCUT2D eigenvalue weighted by Gasteiger charge is 2.04. The average Bonchev–Trinajstić information content (AvgIpc) is 2.10. The number of ketones is 1. The molecule has 0 unspecified atom stereocenters. The summed E-state index contributed by atoms with van der Waals surface area (Å²) in [6.07, 6.45) is 5.21. The third-order valence-corrected chi connectivity index (χ3v) is 2.61. The summed E-state index contributed by atoms with van der Waals surface area (Å²) in [5.74, 6) is 2.32. The first-order valence-corrected chi connectivity index (χ1v) is 4.67. The van der Waals surface area contributed by atoms with Crippen LogP contribution >= 0.6 is 15.9 Å². The third kappa shape index (κ3) is 2.43. The summed E-state index contributed by atoms with van der Waals surface area (Å²) in [7, 11) is 0. The first kappa shape index (κ1) is 10.0. The molecule has 0 atom stereocenters. The minimum atomic E-state index is -0.0109. The SMILES string of the molecule is C#CCC(=O)c1ccc(C)c(Br)c1. The maximum Gasteiger partial charge on any atom is 0.174 e. The van der Waals surface area contributed by atoms with Gasteiger partial charge >= 0.3 is 0 Å². The fourth-order valence-electron chi connectivity index (χ4n) is 0.961. The lowest BCUT2D eigenvalue weighted by molar-refractivity contribution is 0.0998. The van der Waals surface area contributed by atoms with Crippen molar-refractivity contribution in [3.63, 3.8) is 0 Å². The Bertz CT molecular complexity index is 374. The molecule has 1 rings (SSSR count). The van der Waals surface area contributed by atoms with Gasteiger partial charge < -0.3 is 0 Å². The molecule has 0 fully saturated rings. The number of hydrogen-bond donors (Lipinski definition) is 0. The molecule has 0 radical (unpaired) electrons. The Hall–Kier alpha value is -1.07. The second-order valence-corrected chi connectivity index (χ2v) is 3.62. The van der Waals surface area contributed by atoms with Gasteiger partial charge in [0.1, 0.15) is 0 Å². The van der Waals surface area contributed by atoms with Gasteiger partial charge in [-0.25, -0.2) is 0 Å². The second kappa shape index (κ2) is 4.25. The van der Waals surface area contributed by atoms with E-state index in [1.54, 1.807) is 12.1 Å². The molecule has 0 aliphatic heterocycles. The Kier molecular flexibility index (Phi) is 3.27. The largest absolute Gasteiger partial charge is 0.293 e. The van der Waals surface area contributed by atoms with E-state index in [-0.39, 0.29) is 12.2 Å². The van der Waals surface area contributed by atoms with E-state index in [9.17, 15) is 4.79 Å². The Balaban J connectivity index is 2.98. The van der Waals surface area contributed by atoms with Gasteiger partial charge in [-0.15, -0.1) is 6.42 Å². The molecule has 1 aromatic carbocycles. The van der Waals surface area contributed by atoms with Crippen LogP contribution in [0.4, 0.5) is 0 Å². The van der Waals surface area contributed by atoms with Gasteiger partial charge in [-0.2, -0.15) is 0 Å². The lowest BCUT2D eigenvalue weighted by Gasteiger charge is -2.00. The molecule has 0 spiro atoms. The number of halogens is 1. The molecule has 2 heteroatoms. The Morgan fingerprint density at radius 3 is 2.85 bits per heavy atom. The third-order valence-electron chi connectivity index (χ3n) is 1.76. The van der Waals surface area contributed by atoms with E-state index >= 15 is 0 Å². The fourth-order valence-corrected chi connectivity index (χ4v) is 1.34. The summed E-state index contributed by atoms with van der Waals surface area (Å²) in [4.78, 5) is 11.3. The predicted molar refractivity (Wildman–Crippen MR) is 56.7 cm³/mol. The maximum atomic E-state index is 11.3. The molecule has 0 heterocycles. The molecule has 0 bridgehead atoms. The van der Waals surface area contributed by atoms with Crippen LogP contribution in [0, 0.1) is 19.3 Å². The van der Waals surface area contributed by atoms with Crippen LogP contribution in [-0.2, 0) is 0 Å². The van der Waals surface area contributed by atoms with Gasteiger partial charge in [-0.1, -0.05) is 34.0 Å². The maximum absolute atomic E-state index is 11.3. The number of rotatable bonds is 2. The molecule has 13 heavy (non-hydrogen) atoms. The smallest absolute Gasteiger partial charge is 0.174 e. The summed E-state index contributed by atoms with van der Waals surface area (Å²) in [6, 6.07) is 5.49. The number of carbonyl (C=O) groups is 1. The summed E-state index contributed by atoms with van der Waals surface area (Å²) >= 11 is 3.36. The number of benzene rings is 1. The van der Waals surface area contributed by atoms with Crippen LogP contribution in [0.3, 0.4) is 0 Å². The summed E-state index contributed by atoms with van der Waals surface area (Å²) in [5.41, 5.74) is 1.77. The lowest BCUT2D eigenvalue weighted by Crippen LogP contribution is -1.97. The van der Waals surface area contributed by atoms with Crippen molar-refractivity contribution in [2.24, 2.45) is 0 Å². The lowest BCUT2D eigenvalue weighted by atomic mass is 10.1. The molecular weight excluding hydrogens is 228 g/mol. The van der Waals surface area contributed by atoms with E-state index in [1.807, 2.05) is 13.0 Å². The molecule has 0 aromatic heterocycles. The van der Waals surface area contributed by atoms with Crippen molar-refractivity contribution in [3.8, 4) is 12.3 Å². The monoisotopic (exact) mass is 236 g/mol. The first-order chi connectivity index (χ1) is 6.15. The van der Waals surface area contributed by atoms with Gasteiger partial charge in [-0.05, 0) is 18.6 Å². The highest BCUT2D eigenvalue weighted by Crippen LogP contribution is 2.18. The van der Waals surface area contributed by atoms with Crippen molar-refractivity contribution in [3.05, 3.63) is 33.8 Å². The molecule has 0 saturated carbocycles. The molecule has 1 aromatic rings. The quantitative estimate of drug-likeness (QED) is 0.570. The highest BCUT2D eigenvalue weighted by atomic mass is 79.9. The fraction of sp³-hybridized carbons (Fsp3) is 0.182. The van der Waals surface area contributed by atoms with Gasteiger partial charge in [0.15, 0.2) is 5.78 Å². The molecule has 0 N–H and O–H groups in total. The molecule has 0 aliphatic rings. The van der Waals surface area contributed by atoms with Gasteiger partial charge in [-0.3, -0.25) is 4.79 Å². The van der Waals surface area contributed by atoms with E-state index < -0.39 is 0 Å². The minimum Gasteiger partial charge on any atom is -0.293 e. The Labute approximate surface area is 86.3 Å². The Morgan fingerprint density at radius 2 is 2.31 bits per heavy atom. The number of hydrogen-bond acceptors (Lipinski definition) is 1. The van der Waals surface area contributed by atoms with Crippen molar-refractivity contribution < 1.29 is 4.79 Å². The molecule has 0 saturated heterocycles. The van der Waals surface area contributed by atoms with Gasteiger partial charge in [0.25, 0.3) is 0 Å². The standard InChI is InChI=1S/C11H9BrO/c1-3-4-11(13)9-6-5-8(2)10(12)7-9/h1,5-7H,4H2,2H3. The molecule has 1 nitrogen and oxygen atoms in total. The number of aryl methyl sites for hydroxylation is 1. The van der Waals surface area contributed by atoms with Crippen LogP contribution in [0.25, 0.3) is 0 Å². The van der Waals surface area contributed by atoms with Gasteiger partial charge in [0.2, 0.25) is 0 Å². The Morgan fingerprint density at radius 1 is 1.62 bits per heavy atom. The number of Topliss-reactive ketones (excluding diaryl/α,β-unsaturated/α-hetero) is 1. The van der Waals surface area contributed by atoms with E-state index in [0.717, 1.165) is 10.0 Å². The molecular formula is C11H9BrO. The van der Waals surface area contributed by atoms with Crippen LogP contribution < -0.4 is 0 Å². The zero-order valence-corrected chi connectivity index (χ0v) is 8.89. The van der Waals surface area contributed by atoms with E-state index in [1.165, 1.54) is 0 Å². The van der Waals surface area contributed by atoms with E-state index in [2.05, 4.69) is 21.9 Å². The van der Waals surface area contributed by atoms with Crippen LogP contribution in [0.2, 0.25) is 0 Å². The topological polar surface area (TPSA) is 17.1 Å². The second-order valence-electron chi connectivity index (χ2n) is 2.77. The van der Waals surface area contributed by atoms with Crippen molar-refractivity contribution >= 4 is 21.7 Å². The van der Waals surface area contributed by atoms with E-state index in [0.29, 0.717) is 5.56 Å². The average molecular weight is 237 g/mol. The van der Waals surface area contributed by atoms with Crippen LogP contribution in [0.15, 0.2) is 22.7 Å². The first-order valence-electron chi connectivity index (χ1n) is 3.88. The predicted octanol–water partition coefficient (Wildman–Crippen LogP) is 2.96. The normalized spacial score (nSPS) is 9.31. The van der Waals surface area contributed by atoms with E-state index in [4.69, 9.17) is 6.42 Å². The summed E-state index contributed by atoms with van der Waals surface area (Å²) in [6.45, 7) is 1.97. The summed E-state index contributed by atoms with van der Waals surface area (Å²) in [5, 5.41) is 0. The van der Waals surface area contributed by atoms with Crippen LogP contribution in [0.1, 0.15) is 22.3 Å². The highest BCUT2D eigenvalue weighted by molar-refractivity contribution is 9.10. The van der Waals surface area contributed by atoms with Crippen LogP contribution in [-0.4, -0.2) is 5.78 Å². The van der Waals surface area contributed by atoms with Crippen molar-refractivity contribution in [2.75, 3.05) is 0 Å². The molecule has 0 aliphatic carbocycles. The van der Waals surface area contributed by atoms with Gasteiger partial charge in [0.05, 0.1) is 6.42 Å². The molecule has 66 valence electrons. The zero-order valence-electron chi connectivity index (χ0n) is 7.30. The van der Waals surface area contributed by atoms with Crippen LogP contribution in [0.5, 0.6) is 0 Å². The van der Waals surface area contributed by atoms with Crippen molar-refractivity contribution in [1.82, 2.24) is 0 Å². The number of terminal acetylenes is 1. The number of carbonyl (C=O) groups excluding carboxylic acids is 1. The molecule has 0 amide bonds. The summed E-state index contributed by atoms with van der Waals surface area (Å²) < 4.78 is 0.940.